The molecule has 0 aliphatic carbocycles. The fourth-order valence-corrected chi connectivity index (χ4v) is 9.51. The summed E-state index contributed by atoms with van der Waals surface area (Å²) in [5.74, 6) is 0.0373. The summed E-state index contributed by atoms with van der Waals surface area (Å²) < 4.78 is 18.7. The minimum atomic E-state index is -2.62. The Morgan fingerprint density at radius 3 is 2.06 bits per heavy atom. The Bertz CT molecular complexity index is 807. The van der Waals surface area contributed by atoms with E-state index < -0.39 is 14.6 Å². The number of ether oxygens (including phenoxy) is 2. The van der Waals surface area contributed by atoms with Crippen molar-refractivity contribution < 1.29 is 18.7 Å². The lowest BCUT2D eigenvalue weighted by Gasteiger charge is -2.43. The van der Waals surface area contributed by atoms with Gasteiger partial charge in [0.05, 0.1) is 12.7 Å². The predicted molar refractivity (Wildman–Crippen MR) is 132 cm³/mol. The third-order valence-electron chi connectivity index (χ3n) is 6.45. The van der Waals surface area contributed by atoms with Gasteiger partial charge >= 0.3 is 5.97 Å². The fraction of sp³-hybridized carbons (Fsp3) is 0.519. The van der Waals surface area contributed by atoms with Gasteiger partial charge in [0.1, 0.15) is 0 Å². The van der Waals surface area contributed by atoms with Gasteiger partial charge in [-0.15, -0.1) is 0 Å². The average Bonchev–Trinajstić information content (AvgIpc) is 3.14. The van der Waals surface area contributed by atoms with Gasteiger partial charge in [-0.1, -0.05) is 101 Å². The number of carbonyl (C=O) groups excluding carboxylic acids is 1. The summed E-state index contributed by atoms with van der Waals surface area (Å²) >= 11 is 0. The van der Waals surface area contributed by atoms with Crippen LogP contribution in [-0.4, -0.2) is 33.3 Å². The number of rotatable bonds is 9. The van der Waals surface area contributed by atoms with Crippen molar-refractivity contribution in [2.45, 2.75) is 77.7 Å². The zero-order chi connectivity index (χ0) is 23.2. The molecule has 0 aromatic heterocycles. The lowest BCUT2D eigenvalue weighted by Crippen LogP contribution is -2.67. The third kappa shape index (κ3) is 5.51. The van der Waals surface area contributed by atoms with E-state index in [0.717, 1.165) is 25.7 Å². The van der Waals surface area contributed by atoms with Crippen LogP contribution in [0.5, 0.6) is 0 Å². The van der Waals surface area contributed by atoms with Crippen LogP contribution >= 0.6 is 0 Å². The summed E-state index contributed by atoms with van der Waals surface area (Å²) in [4.78, 5) is 11.5. The molecule has 0 N–H and O–H groups in total. The molecule has 174 valence electrons. The van der Waals surface area contributed by atoms with Crippen LogP contribution in [0.2, 0.25) is 5.04 Å². The van der Waals surface area contributed by atoms with Crippen LogP contribution in [0.1, 0.15) is 60.3 Å². The van der Waals surface area contributed by atoms with Crippen molar-refractivity contribution in [1.82, 2.24) is 0 Å². The first-order valence-corrected chi connectivity index (χ1v) is 13.8. The minimum Gasteiger partial charge on any atom is -0.436 e. The molecule has 5 heteroatoms. The van der Waals surface area contributed by atoms with E-state index in [1.807, 2.05) is 0 Å². The summed E-state index contributed by atoms with van der Waals surface area (Å²) in [6.07, 6.45) is 3.53. The van der Waals surface area contributed by atoms with Gasteiger partial charge in [-0.05, 0) is 27.8 Å². The van der Waals surface area contributed by atoms with E-state index in [9.17, 15) is 4.79 Å². The molecule has 3 rings (SSSR count). The van der Waals surface area contributed by atoms with Crippen LogP contribution in [-0.2, 0) is 18.7 Å². The van der Waals surface area contributed by atoms with Gasteiger partial charge in [-0.3, -0.25) is 4.79 Å². The number of hydrogen-bond donors (Lipinski definition) is 0. The van der Waals surface area contributed by atoms with E-state index in [2.05, 4.69) is 88.4 Å². The molecular formula is C27H38O4Si. The molecule has 1 fully saturated rings. The van der Waals surface area contributed by atoms with Crippen LogP contribution in [0.15, 0.2) is 60.7 Å². The van der Waals surface area contributed by atoms with Gasteiger partial charge in [0.25, 0.3) is 8.32 Å². The quantitative estimate of drug-likeness (QED) is 0.393. The molecule has 0 spiro atoms. The molecule has 0 bridgehead atoms. The molecule has 1 aliphatic heterocycles. The van der Waals surface area contributed by atoms with Crippen LogP contribution < -0.4 is 10.4 Å². The molecule has 3 atom stereocenters. The zero-order valence-electron chi connectivity index (χ0n) is 20.2. The van der Waals surface area contributed by atoms with Crippen molar-refractivity contribution in [3.63, 3.8) is 0 Å². The number of hydrogen-bond acceptors (Lipinski definition) is 4. The first-order valence-electron chi connectivity index (χ1n) is 11.9. The van der Waals surface area contributed by atoms with Gasteiger partial charge in [-0.25, -0.2) is 0 Å². The van der Waals surface area contributed by atoms with Gasteiger partial charge in [0.15, 0.2) is 0 Å². The highest BCUT2D eigenvalue weighted by molar-refractivity contribution is 6.99. The van der Waals surface area contributed by atoms with Crippen LogP contribution in [0.25, 0.3) is 0 Å². The highest BCUT2D eigenvalue weighted by Gasteiger charge is 2.51. The maximum absolute atomic E-state index is 11.5. The van der Waals surface area contributed by atoms with E-state index in [-0.39, 0.29) is 17.1 Å². The summed E-state index contributed by atoms with van der Waals surface area (Å²) in [5.41, 5.74) is 0. The minimum absolute atomic E-state index is 0.0763. The van der Waals surface area contributed by atoms with Crippen LogP contribution in [0.3, 0.4) is 0 Å². The summed E-state index contributed by atoms with van der Waals surface area (Å²) in [6, 6.07) is 21.3. The summed E-state index contributed by atoms with van der Waals surface area (Å²) in [5, 5.41) is 2.44. The highest BCUT2D eigenvalue weighted by atomic mass is 28.4. The zero-order valence-corrected chi connectivity index (χ0v) is 21.2. The van der Waals surface area contributed by atoms with Crippen molar-refractivity contribution >= 4 is 24.7 Å². The normalized spacial score (nSPS) is 21.5. The molecule has 0 amide bonds. The number of carbonyl (C=O) groups is 1. The van der Waals surface area contributed by atoms with Gasteiger partial charge in [0, 0.05) is 13.3 Å². The molecule has 1 aliphatic rings. The summed E-state index contributed by atoms with van der Waals surface area (Å²) in [7, 11) is -2.62. The number of esters is 1. The van der Waals surface area contributed by atoms with Crippen molar-refractivity contribution in [3.8, 4) is 0 Å². The van der Waals surface area contributed by atoms with Crippen molar-refractivity contribution in [2.24, 2.45) is 5.92 Å². The Labute approximate surface area is 194 Å². The second-order valence-electron chi connectivity index (χ2n) is 9.83. The largest absolute Gasteiger partial charge is 0.436 e. The molecule has 1 saturated heterocycles. The molecule has 0 saturated carbocycles. The smallest absolute Gasteiger partial charge is 0.304 e. The van der Waals surface area contributed by atoms with E-state index in [1.165, 1.54) is 17.3 Å². The number of benzene rings is 2. The van der Waals surface area contributed by atoms with Gasteiger partial charge in [-0.2, -0.15) is 0 Å². The Morgan fingerprint density at radius 1 is 1.03 bits per heavy atom. The fourth-order valence-electron chi connectivity index (χ4n) is 4.94. The molecule has 0 radical (unpaired) electrons. The van der Waals surface area contributed by atoms with Gasteiger partial charge in [0.2, 0.25) is 6.29 Å². The molecular weight excluding hydrogens is 416 g/mol. The molecule has 2 aromatic rings. The van der Waals surface area contributed by atoms with Crippen molar-refractivity contribution in [2.75, 3.05) is 6.61 Å². The topological polar surface area (TPSA) is 44.8 Å². The van der Waals surface area contributed by atoms with E-state index >= 15 is 0 Å². The summed E-state index contributed by atoms with van der Waals surface area (Å²) in [6.45, 7) is 11.0. The standard InChI is InChI=1S/C27H38O4Si/c1-6-7-14-22-19-26(30-21(2)28)31-25(22)20-29-32(27(3,4)5,23-15-10-8-11-16-23)24-17-12-9-13-18-24/h8-13,15-18,22,25-26H,6-7,14,19-20H2,1-5H3/t22-,25+,26+/m0/s1. The average molecular weight is 455 g/mol. The first-order chi connectivity index (χ1) is 15.3. The maximum Gasteiger partial charge on any atom is 0.304 e. The Hall–Kier alpha value is -1.95. The second-order valence-corrected chi connectivity index (χ2v) is 14.1. The maximum atomic E-state index is 11.5. The molecule has 1 heterocycles. The predicted octanol–water partition coefficient (Wildman–Crippen LogP) is 5.05. The van der Waals surface area contributed by atoms with Crippen molar-refractivity contribution in [3.05, 3.63) is 60.7 Å². The van der Waals surface area contributed by atoms with Gasteiger partial charge < -0.3 is 13.9 Å². The first kappa shape index (κ1) is 24.7. The molecule has 0 unspecified atom stereocenters. The molecule has 32 heavy (non-hydrogen) atoms. The van der Waals surface area contributed by atoms with E-state index in [0.29, 0.717) is 12.5 Å². The monoisotopic (exact) mass is 454 g/mol. The van der Waals surface area contributed by atoms with E-state index in [1.54, 1.807) is 0 Å². The number of unbranched alkanes of at least 4 members (excludes halogenated alkanes) is 1. The van der Waals surface area contributed by atoms with Crippen LogP contribution in [0.4, 0.5) is 0 Å². The van der Waals surface area contributed by atoms with Crippen LogP contribution in [0, 0.1) is 5.92 Å². The Kier molecular flexibility index (Phi) is 8.31. The van der Waals surface area contributed by atoms with E-state index in [4.69, 9.17) is 13.9 Å². The molecule has 2 aromatic carbocycles. The molecule has 4 nitrogen and oxygen atoms in total. The second kappa shape index (κ2) is 10.8. The van der Waals surface area contributed by atoms with Crippen molar-refractivity contribution in [1.29, 1.82) is 0 Å². The SMILES string of the molecule is CCCC[C@H]1C[C@H](OC(C)=O)O[C@@H]1CO[Si](c1ccccc1)(c1ccccc1)C(C)(C)C. The lowest BCUT2D eigenvalue weighted by molar-refractivity contribution is -0.174. The highest BCUT2D eigenvalue weighted by Crippen LogP contribution is 2.38. The Balaban J connectivity index is 1.93. The lowest BCUT2D eigenvalue weighted by atomic mass is 9.95. The Morgan fingerprint density at radius 2 is 1.59 bits per heavy atom. The third-order valence-corrected chi connectivity index (χ3v) is 11.5.